The number of methoxy groups -OCH3 is 1. The number of pyridine rings is 1. The minimum absolute atomic E-state index is 0.0403. The number of nitrogens with zero attached hydrogens (tertiary/aromatic N) is 3. The molecule has 0 aliphatic carbocycles. The second kappa shape index (κ2) is 8.18. The van der Waals surface area contributed by atoms with Gasteiger partial charge in [0.15, 0.2) is 11.5 Å². The average Bonchev–Trinajstić information content (AvgIpc) is 2.55. The number of hydrogen-bond acceptors (Lipinski definition) is 6. The maximum Gasteiger partial charge on any atom is 0.295 e. The molecule has 0 unspecified atom stereocenters. The van der Waals surface area contributed by atoms with Gasteiger partial charge in [-0.2, -0.15) is 0 Å². The minimum Gasteiger partial charge on any atom is -0.383 e. The van der Waals surface area contributed by atoms with Crippen molar-refractivity contribution < 1.29 is 9.53 Å². The molecule has 0 aliphatic rings. The molecule has 0 saturated carbocycles. The van der Waals surface area contributed by atoms with Crippen LogP contribution in [0.3, 0.4) is 0 Å². The molecule has 2 rings (SSSR count). The summed E-state index contributed by atoms with van der Waals surface area (Å²) in [7, 11) is 3.20. The molecule has 2 N–H and O–H groups in total. The van der Waals surface area contributed by atoms with Crippen LogP contribution in [0.2, 0.25) is 5.15 Å². The van der Waals surface area contributed by atoms with Gasteiger partial charge in [-0.1, -0.05) is 18.5 Å². The van der Waals surface area contributed by atoms with Gasteiger partial charge in [0.1, 0.15) is 10.7 Å². The fourth-order valence-electron chi connectivity index (χ4n) is 2.39. The van der Waals surface area contributed by atoms with Crippen LogP contribution in [-0.2, 0) is 9.53 Å². The van der Waals surface area contributed by atoms with E-state index in [1.807, 2.05) is 6.92 Å². The number of ether oxygens (including phenoxy) is 1. The van der Waals surface area contributed by atoms with Crippen molar-refractivity contribution in [2.45, 2.75) is 19.4 Å². The lowest BCUT2D eigenvalue weighted by Gasteiger charge is -2.20. The van der Waals surface area contributed by atoms with Crippen LogP contribution in [0.15, 0.2) is 16.9 Å². The first kappa shape index (κ1) is 18.3. The van der Waals surface area contributed by atoms with Gasteiger partial charge in [-0.3, -0.25) is 14.2 Å². The highest BCUT2D eigenvalue weighted by Gasteiger charge is 2.20. The van der Waals surface area contributed by atoms with Crippen LogP contribution in [-0.4, -0.2) is 47.8 Å². The van der Waals surface area contributed by atoms with Gasteiger partial charge >= 0.3 is 0 Å². The van der Waals surface area contributed by atoms with Crippen LogP contribution in [0.4, 0.5) is 5.82 Å². The first-order valence-corrected chi connectivity index (χ1v) is 7.91. The fourth-order valence-corrected chi connectivity index (χ4v) is 2.53. The topological polar surface area (TPSA) is 98.1 Å². The lowest BCUT2D eigenvalue weighted by molar-refractivity contribution is -0.115. The summed E-state index contributed by atoms with van der Waals surface area (Å²) < 4.78 is 6.68. The van der Waals surface area contributed by atoms with Crippen molar-refractivity contribution in [2.24, 2.45) is 0 Å². The molecular weight excluding hydrogens is 334 g/mol. The highest BCUT2D eigenvalue weighted by atomic mass is 35.5. The molecule has 130 valence electrons. The molecule has 0 fully saturated rings. The van der Waals surface area contributed by atoms with Crippen LogP contribution in [0.1, 0.15) is 19.4 Å². The summed E-state index contributed by atoms with van der Waals surface area (Å²) in [5.41, 5.74) is 0.391. The zero-order valence-corrected chi connectivity index (χ0v) is 14.6. The second-order valence-electron chi connectivity index (χ2n) is 5.21. The van der Waals surface area contributed by atoms with Crippen molar-refractivity contribution in [1.29, 1.82) is 0 Å². The van der Waals surface area contributed by atoms with E-state index in [-0.39, 0.29) is 29.5 Å². The van der Waals surface area contributed by atoms with Gasteiger partial charge in [-0.05, 0) is 25.6 Å². The predicted molar refractivity (Wildman–Crippen MR) is 92.6 cm³/mol. The van der Waals surface area contributed by atoms with E-state index in [0.717, 1.165) is 0 Å². The summed E-state index contributed by atoms with van der Waals surface area (Å²) in [6.07, 6.45) is 0.644. The third kappa shape index (κ3) is 3.89. The molecule has 1 amide bonds. The highest BCUT2D eigenvalue weighted by Crippen LogP contribution is 2.19. The zero-order chi connectivity index (χ0) is 17.7. The third-order valence-electron chi connectivity index (χ3n) is 3.49. The molecule has 0 saturated heterocycles. The number of carbonyl (C=O) groups is 1. The number of fused-ring (bicyclic) bond motifs is 1. The van der Waals surface area contributed by atoms with Gasteiger partial charge in [0.05, 0.1) is 19.2 Å². The van der Waals surface area contributed by atoms with Crippen molar-refractivity contribution >= 4 is 34.5 Å². The Morgan fingerprint density at radius 1 is 1.42 bits per heavy atom. The lowest BCUT2D eigenvalue weighted by Crippen LogP contribution is -2.34. The Bertz CT molecular complexity index is 793. The number of hydrogen-bond donors (Lipinski definition) is 2. The maximum absolute atomic E-state index is 12.8. The molecule has 0 aliphatic heterocycles. The van der Waals surface area contributed by atoms with Gasteiger partial charge < -0.3 is 15.4 Å². The summed E-state index contributed by atoms with van der Waals surface area (Å²) in [5.74, 6) is -0.392. The zero-order valence-electron chi connectivity index (χ0n) is 13.8. The monoisotopic (exact) mass is 353 g/mol. The summed E-state index contributed by atoms with van der Waals surface area (Å²) in [6.45, 7) is 2.34. The predicted octanol–water partition coefficient (Wildman–Crippen LogP) is 1.20. The number of anilines is 1. The van der Waals surface area contributed by atoms with Gasteiger partial charge in [0.2, 0.25) is 5.91 Å². The van der Waals surface area contributed by atoms with Crippen LogP contribution < -0.4 is 16.2 Å². The number of rotatable bonds is 7. The van der Waals surface area contributed by atoms with E-state index in [1.165, 1.54) is 4.57 Å². The number of halogens is 1. The van der Waals surface area contributed by atoms with Gasteiger partial charge in [0.25, 0.3) is 5.56 Å². The molecule has 2 aromatic heterocycles. The van der Waals surface area contributed by atoms with Crippen molar-refractivity contribution in [3.63, 3.8) is 0 Å². The van der Waals surface area contributed by atoms with Crippen molar-refractivity contribution in [3.8, 4) is 0 Å². The van der Waals surface area contributed by atoms with E-state index in [9.17, 15) is 9.59 Å². The van der Waals surface area contributed by atoms with E-state index in [0.29, 0.717) is 24.2 Å². The molecule has 0 radical (unpaired) electrons. The molecule has 1 atom stereocenters. The summed E-state index contributed by atoms with van der Waals surface area (Å²) >= 11 is 5.97. The van der Waals surface area contributed by atoms with Crippen LogP contribution in [0, 0.1) is 0 Å². The van der Waals surface area contributed by atoms with Gasteiger partial charge in [0, 0.05) is 7.11 Å². The molecule has 0 aromatic carbocycles. The Labute approximate surface area is 144 Å². The van der Waals surface area contributed by atoms with E-state index in [4.69, 9.17) is 16.3 Å². The summed E-state index contributed by atoms with van der Waals surface area (Å²) in [6, 6.07) is 3.00. The number of carbonyl (C=O) groups excluding carboxylic acids is 1. The quantitative estimate of drug-likeness (QED) is 0.726. The van der Waals surface area contributed by atoms with Gasteiger partial charge in [-0.25, -0.2) is 9.97 Å². The maximum atomic E-state index is 12.8. The van der Waals surface area contributed by atoms with Crippen LogP contribution in [0.25, 0.3) is 11.2 Å². The lowest BCUT2D eigenvalue weighted by atomic mass is 10.2. The van der Waals surface area contributed by atoms with Gasteiger partial charge in [-0.15, -0.1) is 0 Å². The fraction of sp³-hybridized carbons (Fsp3) is 0.467. The Morgan fingerprint density at radius 2 is 2.17 bits per heavy atom. The average molecular weight is 354 g/mol. The molecule has 2 aromatic rings. The van der Waals surface area contributed by atoms with E-state index >= 15 is 0 Å². The van der Waals surface area contributed by atoms with E-state index in [1.54, 1.807) is 26.3 Å². The smallest absolute Gasteiger partial charge is 0.295 e. The Hall–Kier alpha value is -2.03. The number of nitrogens with one attached hydrogen (secondary N) is 2. The SMILES string of the molecule is CC[C@H](COC)n1c(=O)c(NC(=O)CNC)nc2ccc(Cl)nc21. The van der Waals surface area contributed by atoms with Crippen LogP contribution >= 0.6 is 11.6 Å². The highest BCUT2D eigenvalue weighted by molar-refractivity contribution is 6.29. The standard InChI is InChI=1S/C15H20ClN5O3/c1-4-9(8-24-3)21-14-10(5-6-11(16)19-14)18-13(15(21)23)20-12(22)7-17-2/h5-6,9,17H,4,7-8H2,1-3H3,(H,18,20,22)/t9-/m1/s1. The van der Waals surface area contributed by atoms with Crippen molar-refractivity contribution in [3.05, 3.63) is 27.6 Å². The number of likely N-dealkylation sites (N-methyl/N-ethyl adjacent to an activating group) is 1. The van der Waals surface area contributed by atoms with E-state index in [2.05, 4.69) is 20.6 Å². The Kier molecular flexibility index (Phi) is 6.24. The Balaban J connectivity index is 2.65. The normalized spacial score (nSPS) is 12.3. The largest absolute Gasteiger partial charge is 0.383 e. The van der Waals surface area contributed by atoms with Crippen LogP contribution in [0.5, 0.6) is 0 Å². The molecular formula is C15H20ClN5O3. The first-order chi connectivity index (χ1) is 11.5. The van der Waals surface area contributed by atoms with Crippen molar-refractivity contribution in [2.75, 3.05) is 32.6 Å². The molecule has 9 heteroatoms. The number of aromatic nitrogens is 3. The molecule has 24 heavy (non-hydrogen) atoms. The van der Waals surface area contributed by atoms with Crippen molar-refractivity contribution in [1.82, 2.24) is 19.9 Å². The molecule has 2 heterocycles. The summed E-state index contributed by atoms with van der Waals surface area (Å²) in [4.78, 5) is 33.1. The minimum atomic E-state index is -0.439. The molecule has 0 spiro atoms. The Morgan fingerprint density at radius 3 is 2.79 bits per heavy atom. The number of amides is 1. The van der Waals surface area contributed by atoms with E-state index < -0.39 is 5.56 Å². The first-order valence-electron chi connectivity index (χ1n) is 7.54. The molecule has 8 nitrogen and oxygen atoms in total. The third-order valence-corrected chi connectivity index (χ3v) is 3.70. The second-order valence-corrected chi connectivity index (χ2v) is 5.60. The molecule has 0 bridgehead atoms. The summed E-state index contributed by atoms with van der Waals surface area (Å²) in [5, 5.41) is 5.51.